The molecule has 0 unspecified atom stereocenters. The maximum Gasteiger partial charge on any atom is 0.161 e. The second kappa shape index (κ2) is 8.99. The highest BCUT2D eigenvalue weighted by Crippen LogP contribution is 2.37. The molecule has 1 N–H and O–H groups in total. The number of phenols is 1. The second-order valence-corrected chi connectivity index (χ2v) is 7.64. The summed E-state index contributed by atoms with van der Waals surface area (Å²) in [5.41, 5.74) is 3.53. The number of ether oxygens (including phenoxy) is 2. The Hall–Kier alpha value is -3.01. The van der Waals surface area contributed by atoms with Gasteiger partial charge in [0.05, 0.1) is 13.2 Å². The lowest BCUT2D eigenvalue weighted by Crippen LogP contribution is -2.12. The summed E-state index contributed by atoms with van der Waals surface area (Å²) in [5, 5.41) is 9.73. The van der Waals surface area contributed by atoms with Gasteiger partial charge in [-0.3, -0.25) is 4.98 Å². The zero-order valence-electron chi connectivity index (χ0n) is 16.8. The van der Waals surface area contributed by atoms with Gasteiger partial charge in [0.25, 0.3) is 0 Å². The molecule has 1 saturated carbocycles. The van der Waals surface area contributed by atoms with Crippen LogP contribution < -0.4 is 9.47 Å². The van der Waals surface area contributed by atoms with E-state index in [1.54, 1.807) is 19.2 Å². The molecule has 4 heteroatoms. The van der Waals surface area contributed by atoms with Crippen molar-refractivity contribution >= 4 is 0 Å². The van der Waals surface area contributed by atoms with Crippen LogP contribution in [-0.2, 0) is 6.42 Å². The fourth-order valence-corrected chi connectivity index (χ4v) is 4.08. The number of hydrogen-bond donors (Lipinski definition) is 1. The van der Waals surface area contributed by atoms with Gasteiger partial charge in [0.1, 0.15) is 5.75 Å². The number of phenolic OH excluding ortho intramolecular Hbond substituents is 1. The van der Waals surface area contributed by atoms with Crippen molar-refractivity contribution in [2.45, 2.75) is 44.1 Å². The van der Waals surface area contributed by atoms with Crippen LogP contribution in [0.2, 0.25) is 0 Å². The molecule has 1 heterocycles. The first-order valence-electron chi connectivity index (χ1n) is 10.3. The molecule has 1 aliphatic carbocycles. The van der Waals surface area contributed by atoms with Gasteiger partial charge in [0.2, 0.25) is 0 Å². The molecule has 1 fully saturated rings. The highest BCUT2D eigenvalue weighted by atomic mass is 16.5. The Kier molecular flexibility index (Phi) is 5.99. The van der Waals surface area contributed by atoms with Crippen LogP contribution in [0.5, 0.6) is 17.2 Å². The monoisotopic (exact) mass is 389 g/mol. The molecule has 1 aromatic heterocycles. The van der Waals surface area contributed by atoms with Gasteiger partial charge >= 0.3 is 0 Å². The molecule has 3 aromatic rings. The molecule has 0 amide bonds. The van der Waals surface area contributed by atoms with E-state index in [0.29, 0.717) is 0 Å². The Labute approximate surface area is 172 Å². The third-order valence-corrected chi connectivity index (χ3v) is 5.67. The smallest absolute Gasteiger partial charge is 0.161 e. The van der Waals surface area contributed by atoms with Gasteiger partial charge in [0, 0.05) is 18.3 Å². The SMILES string of the molecule is COc1ccc([C@H](Cc2ccncc2)c2ccc(O)cc2)cc1OC1CCCC1. The van der Waals surface area contributed by atoms with E-state index in [0.717, 1.165) is 36.3 Å². The molecule has 150 valence electrons. The number of pyridine rings is 1. The number of methoxy groups -OCH3 is 1. The first-order valence-corrected chi connectivity index (χ1v) is 10.3. The van der Waals surface area contributed by atoms with Gasteiger partial charge in [-0.25, -0.2) is 0 Å². The summed E-state index contributed by atoms with van der Waals surface area (Å²) < 4.78 is 11.9. The molecule has 4 rings (SSSR count). The molecule has 0 saturated heterocycles. The lowest BCUT2D eigenvalue weighted by Gasteiger charge is -2.22. The maximum atomic E-state index is 9.73. The molecule has 2 aromatic carbocycles. The van der Waals surface area contributed by atoms with Crippen molar-refractivity contribution in [3.8, 4) is 17.2 Å². The molecule has 0 aliphatic heterocycles. The van der Waals surface area contributed by atoms with Crippen LogP contribution in [0.3, 0.4) is 0 Å². The number of aromatic hydroxyl groups is 1. The minimum Gasteiger partial charge on any atom is -0.508 e. The van der Waals surface area contributed by atoms with Gasteiger partial charge in [-0.15, -0.1) is 0 Å². The molecule has 0 bridgehead atoms. The molecule has 4 nitrogen and oxygen atoms in total. The summed E-state index contributed by atoms with van der Waals surface area (Å²) in [6.07, 6.45) is 9.42. The van der Waals surface area contributed by atoms with Crippen LogP contribution in [0.25, 0.3) is 0 Å². The number of rotatable bonds is 7. The summed E-state index contributed by atoms with van der Waals surface area (Å²) in [6.45, 7) is 0. The molecule has 0 spiro atoms. The van der Waals surface area contributed by atoms with Gasteiger partial charge in [-0.05, 0) is 85.2 Å². The van der Waals surface area contributed by atoms with E-state index in [9.17, 15) is 5.11 Å². The second-order valence-electron chi connectivity index (χ2n) is 7.64. The zero-order chi connectivity index (χ0) is 20.1. The predicted molar refractivity (Wildman–Crippen MR) is 114 cm³/mol. The average molecular weight is 389 g/mol. The predicted octanol–water partition coefficient (Wildman–Crippen LogP) is 5.49. The molecule has 1 atom stereocenters. The number of benzene rings is 2. The van der Waals surface area contributed by atoms with Gasteiger partial charge in [-0.1, -0.05) is 18.2 Å². The van der Waals surface area contributed by atoms with Crippen molar-refractivity contribution < 1.29 is 14.6 Å². The lowest BCUT2D eigenvalue weighted by atomic mass is 9.86. The fourth-order valence-electron chi connectivity index (χ4n) is 4.08. The van der Waals surface area contributed by atoms with E-state index < -0.39 is 0 Å². The summed E-state index contributed by atoms with van der Waals surface area (Å²) in [4.78, 5) is 4.13. The molecule has 29 heavy (non-hydrogen) atoms. The quantitative estimate of drug-likeness (QED) is 0.580. The van der Waals surface area contributed by atoms with Crippen LogP contribution >= 0.6 is 0 Å². The van der Waals surface area contributed by atoms with Crippen molar-refractivity contribution in [1.82, 2.24) is 4.98 Å². The van der Waals surface area contributed by atoms with Crippen molar-refractivity contribution in [1.29, 1.82) is 0 Å². The highest BCUT2D eigenvalue weighted by Gasteiger charge is 2.21. The Balaban J connectivity index is 1.69. The number of hydrogen-bond acceptors (Lipinski definition) is 4. The van der Waals surface area contributed by atoms with Gasteiger partial charge < -0.3 is 14.6 Å². The number of aromatic nitrogens is 1. The van der Waals surface area contributed by atoms with Crippen LogP contribution in [0.1, 0.15) is 48.3 Å². The molecule has 0 radical (unpaired) electrons. The first kappa shape index (κ1) is 19.3. The highest BCUT2D eigenvalue weighted by molar-refractivity contribution is 5.47. The largest absolute Gasteiger partial charge is 0.508 e. The Morgan fingerprint density at radius 2 is 1.62 bits per heavy atom. The summed E-state index contributed by atoms with van der Waals surface area (Å²) in [5.74, 6) is 2.00. The van der Waals surface area contributed by atoms with Crippen molar-refractivity contribution in [3.63, 3.8) is 0 Å². The fraction of sp³-hybridized carbons (Fsp3) is 0.320. The van der Waals surface area contributed by atoms with Crippen molar-refractivity contribution in [2.75, 3.05) is 7.11 Å². The molecular formula is C25H27NO3. The lowest BCUT2D eigenvalue weighted by molar-refractivity contribution is 0.200. The van der Waals surface area contributed by atoms with E-state index in [1.165, 1.54) is 24.0 Å². The van der Waals surface area contributed by atoms with Crippen molar-refractivity contribution in [2.24, 2.45) is 0 Å². The molecule has 1 aliphatic rings. The van der Waals surface area contributed by atoms with E-state index in [2.05, 4.69) is 17.1 Å². The van der Waals surface area contributed by atoms with E-state index in [-0.39, 0.29) is 17.8 Å². The third kappa shape index (κ3) is 4.70. The van der Waals surface area contributed by atoms with Gasteiger partial charge in [0.15, 0.2) is 11.5 Å². The Bertz CT molecular complexity index is 919. The Morgan fingerprint density at radius 1 is 0.931 bits per heavy atom. The van der Waals surface area contributed by atoms with Crippen LogP contribution in [0, 0.1) is 0 Å². The molecular weight excluding hydrogens is 362 g/mol. The van der Waals surface area contributed by atoms with Crippen LogP contribution in [0.15, 0.2) is 67.0 Å². The van der Waals surface area contributed by atoms with Crippen LogP contribution in [0.4, 0.5) is 0 Å². The Morgan fingerprint density at radius 3 is 2.31 bits per heavy atom. The topological polar surface area (TPSA) is 51.6 Å². The first-order chi connectivity index (χ1) is 14.2. The third-order valence-electron chi connectivity index (χ3n) is 5.67. The summed E-state index contributed by atoms with van der Waals surface area (Å²) >= 11 is 0. The zero-order valence-corrected chi connectivity index (χ0v) is 16.8. The average Bonchev–Trinajstić information content (AvgIpc) is 3.27. The minimum absolute atomic E-state index is 0.134. The summed E-state index contributed by atoms with van der Waals surface area (Å²) in [7, 11) is 1.69. The van der Waals surface area contributed by atoms with E-state index in [1.807, 2.05) is 42.7 Å². The maximum absolute atomic E-state index is 9.73. The summed E-state index contributed by atoms with van der Waals surface area (Å²) in [6, 6.07) is 17.8. The van der Waals surface area contributed by atoms with Gasteiger partial charge in [-0.2, -0.15) is 0 Å². The van der Waals surface area contributed by atoms with Crippen LogP contribution in [-0.4, -0.2) is 23.3 Å². The van der Waals surface area contributed by atoms with E-state index in [4.69, 9.17) is 9.47 Å². The number of nitrogens with zero attached hydrogens (tertiary/aromatic N) is 1. The minimum atomic E-state index is 0.134. The standard InChI is InChI=1S/C25H27NO3/c1-28-24-11-8-20(17-25(24)29-22-4-2-3-5-22)23(16-18-12-14-26-15-13-18)19-6-9-21(27)10-7-19/h6-15,17,22-23,27H,2-5,16H2,1H3/t23-/m1/s1. The van der Waals surface area contributed by atoms with E-state index >= 15 is 0 Å². The van der Waals surface area contributed by atoms with Crippen molar-refractivity contribution in [3.05, 3.63) is 83.7 Å². The normalized spacial score (nSPS) is 15.2.